The number of amides is 1. The molecular formula is C20H19N3O3S. The minimum Gasteiger partial charge on any atom is -0.478 e. The predicted molar refractivity (Wildman–Crippen MR) is 108 cm³/mol. The van der Waals surface area contributed by atoms with E-state index in [9.17, 15) is 14.7 Å². The van der Waals surface area contributed by atoms with Crippen LogP contribution >= 0.6 is 11.3 Å². The van der Waals surface area contributed by atoms with Crippen LogP contribution in [0, 0.1) is 6.92 Å². The number of benzene rings is 1. The van der Waals surface area contributed by atoms with Crippen molar-refractivity contribution in [1.82, 2.24) is 9.97 Å². The largest absolute Gasteiger partial charge is 0.478 e. The number of fused-ring (bicyclic) bond motifs is 1. The first-order valence-corrected chi connectivity index (χ1v) is 9.33. The molecule has 1 aromatic carbocycles. The Labute approximate surface area is 160 Å². The van der Waals surface area contributed by atoms with Gasteiger partial charge < -0.3 is 5.11 Å². The smallest absolute Gasteiger partial charge is 0.336 e. The monoisotopic (exact) mass is 381 g/mol. The average molecular weight is 381 g/mol. The van der Waals surface area contributed by atoms with Gasteiger partial charge in [-0.05, 0) is 44.2 Å². The summed E-state index contributed by atoms with van der Waals surface area (Å²) in [5.74, 6) is -1.04. The predicted octanol–water partition coefficient (Wildman–Crippen LogP) is 4.24. The van der Waals surface area contributed by atoms with Gasteiger partial charge in [0.05, 0.1) is 22.5 Å². The zero-order valence-electron chi connectivity index (χ0n) is 15.3. The molecule has 0 radical (unpaired) electrons. The Balaban J connectivity index is 1.95. The molecule has 0 unspecified atom stereocenters. The van der Waals surface area contributed by atoms with Crippen LogP contribution in [0.25, 0.3) is 23.1 Å². The SMILES string of the molecule is CCN(C(C)=O)c1nc(/C=C/c2cc(C(=O)O)c3cc(C)ccc3n2)cs1. The molecule has 1 N–H and O–H groups in total. The maximum absolute atomic E-state index is 11.6. The quantitative estimate of drug-likeness (QED) is 0.715. The summed E-state index contributed by atoms with van der Waals surface area (Å²) >= 11 is 1.39. The Morgan fingerprint density at radius 2 is 1.93 bits per heavy atom. The van der Waals surface area contributed by atoms with Crippen LogP contribution in [-0.4, -0.2) is 33.5 Å². The maximum Gasteiger partial charge on any atom is 0.336 e. The van der Waals surface area contributed by atoms with Gasteiger partial charge in [-0.15, -0.1) is 11.3 Å². The molecule has 0 aliphatic carbocycles. The van der Waals surface area contributed by atoms with E-state index in [1.165, 1.54) is 18.3 Å². The molecule has 0 atom stereocenters. The number of hydrogen-bond donors (Lipinski definition) is 1. The van der Waals surface area contributed by atoms with Crippen molar-refractivity contribution in [2.45, 2.75) is 20.8 Å². The fourth-order valence-corrected chi connectivity index (χ4v) is 3.66. The number of aromatic carboxylic acids is 1. The summed E-state index contributed by atoms with van der Waals surface area (Å²) in [6.07, 6.45) is 3.50. The lowest BCUT2D eigenvalue weighted by Gasteiger charge is -2.14. The Morgan fingerprint density at radius 3 is 2.59 bits per heavy atom. The van der Waals surface area contributed by atoms with Gasteiger partial charge >= 0.3 is 5.97 Å². The van der Waals surface area contributed by atoms with Crippen LogP contribution < -0.4 is 4.90 Å². The van der Waals surface area contributed by atoms with Crippen molar-refractivity contribution >= 4 is 51.4 Å². The van der Waals surface area contributed by atoms with E-state index in [0.29, 0.717) is 34.0 Å². The number of carbonyl (C=O) groups excluding carboxylic acids is 1. The zero-order chi connectivity index (χ0) is 19.6. The van der Waals surface area contributed by atoms with Crippen molar-refractivity contribution in [3.8, 4) is 0 Å². The molecule has 0 saturated heterocycles. The number of carboxylic acids is 1. The van der Waals surface area contributed by atoms with Crippen LogP contribution in [0.1, 0.15) is 41.2 Å². The molecule has 3 aromatic rings. The van der Waals surface area contributed by atoms with Crippen LogP contribution in [0.5, 0.6) is 0 Å². The van der Waals surface area contributed by atoms with Gasteiger partial charge in [-0.1, -0.05) is 11.6 Å². The molecule has 0 aliphatic heterocycles. The molecule has 0 aliphatic rings. The van der Waals surface area contributed by atoms with Crippen molar-refractivity contribution in [3.63, 3.8) is 0 Å². The van der Waals surface area contributed by atoms with Gasteiger partial charge in [0, 0.05) is 24.2 Å². The molecule has 2 aromatic heterocycles. The second-order valence-corrected chi connectivity index (χ2v) is 6.91. The first kappa shape index (κ1) is 18.7. The fourth-order valence-electron chi connectivity index (χ4n) is 2.76. The number of hydrogen-bond acceptors (Lipinski definition) is 5. The van der Waals surface area contributed by atoms with Crippen LogP contribution in [-0.2, 0) is 4.79 Å². The van der Waals surface area contributed by atoms with E-state index in [-0.39, 0.29) is 11.5 Å². The standard InChI is InChI=1S/C20H19N3O3S/c1-4-23(13(3)24)20-22-15(11-27-20)7-6-14-10-17(19(25)26)16-9-12(2)5-8-18(16)21-14/h5-11H,4H2,1-3H3,(H,25,26)/b7-6+. The molecule has 0 bridgehead atoms. The number of aromatic nitrogens is 2. The Kier molecular flexibility index (Phi) is 5.32. The van der Waals surface area contributed by atoms with Crippen molar-refractivity contribution in [1.29, 1.82) is 0 Å². The lowest BCUT2D eigenvalue weighted by atomic mass is 10.1. The summed E-state index contributed by atoms with van der Waals surface area (Å²) in [4.78, 5) is 33.8. The Bertz CT molecular complexity index is 1060. The van der Waals surface area contributed by atoms with Gasteiger partial charge in [0.1, 0.15) is 0 Å². The maximum atomic E-state index is 11.6. The summed E-state index contributed by atoms with van der Waals surface area (Å²) in [5, 5.41) is 12.6. The van der Waals surface area contributed by atoms with E-state index >= 15 is 0 Å². The van der Waals surface area contributed by atoms with E-state index in [4.69, 9.17) is 0 Å². The molecular weight excluding hydrogens is 362 g/mol. The molecule has 138 valence electrons. The molecule has 7 heteroatoms. The van der Waals surface area contributed by atoms with Crippen molar-refractivity contribution in [2.24, 2.45) is 0 Å². The lowest BCUT2D eigenvalue weighted by molar-refractivity contribution is -0.116. The van der Waals surface area contributed by atoms with Crippen molar-refractivity contribution in [2.75, 3.05) is 11.4 Å². The van der Waals surface area contributed by atoms with E-state index in [1.807, 2.05) is 37.4 Å². The summed E-state index contributed by atoms with van der Waals surface area (Å²) in [6.45, 7) is 5.87. The number of nitrogens with zero attached hydrogens (tertiary/aromatic N) is 3. The molecule has 2 heterocycles. The second-order valence-electron chi connectivity index (χ2n) is 6.07. The fraction of sp³-hybridized carbons (Fsp3) is 0.200. The number of thiazole rings is 1. The normalized spacial score (nSPS) is 11.2. The highest BCUT2D eigenvalue weighted by molar-refractivity contribution is 7.14. The third-order valence-corrected chi connectivity index (χ3v) is 4.96. The number of pyridine rings is 1. The van der Waals surface area contributed by atoms with Gasteiger partial charge in [-0.25, -0.2) is 14.8 Å². The van der Waals surface area contributed by atoms with Crippen LogP contribution in [0.2, 0.25) is 0 Å². The van der Waals surface area contributed by atoms with Crippen molar-refractivity contribution < 1.29 is 14.7 Å². The number of aryl methyl sites for hydroxylation is 1. The Hall–Kier alpha value is -3.06. The summed E-state index contributed by atoms with van der Waals surface area (Å²) in [6, 6.07) is 7.11. The molecule has 1 amide bonds. The van der Waals surface area contributed by atoms with Gasteiger partial charge in [0.15, 0.2) is 5.13 Å². The Morgan fingerprint density at radius 1 is 1.19 bits per heavy atom. The van der Waals surface area contributed by atoms with Crippen LogP contribution in [0.15, 0.2) is 29.6 Å². The lowest BCUT2D eigenvalue weighted by Crippen LogP contribution is -2.27. The van der Waals surface area contributed by atoms with Crippen LogP contribution in [0.3, 0.4) is 0 Å². The first-order chi connectivity index (χ1) is 12.9. The number of rotatable bonds is 5. The van der Waals surface area contributed by atoms with E-state index in [0.717, 1.165) is 5.56 Å². The topological polar surface area (TPSA) is 83.4 Å². The summed E-state index contributed by atoms with van der Waals surface area (Å²) in [7, 11) is 0. The molecule has 0 spiro atoms. The van der Waals surface area contributed by atoms with E-state index in [1.54, 1.807) is 23.1 Å². The highest BCUT2D eigenvalue weighted by atomic mass is 32.1. The molecule has 0 fully saturated rings. The van der Waals surface area contributed by atoms with E-state index in [2.05, 4.69) is 9.97 Å². The summed E-state index contributed by atoms with van der Waals surface area (Å²) in [5.41, 5.74) is 3.06. The molecule has 6 nitrogen and oxygen atoms in total. The van der Waals surface area contributed by atoms with Gasteiger partial charge in [-0.2, -0.15) is 0 Å². The minimum atomic E-state index is -0.987. The third kappa shape index (κ3) is 4.03. The average Bonchev–Trinajstić information content (AvgIpc) is 3.08. The highest BCUT2D eigenvalue weighted by Crippen LogP contribution is 2.23. The summed E-state index contributed by atoms with van der Waals surface area (Å²) < 4.78 is 0. The van der Waals surface area contributed by atoms with Gasteiger partial charge in [0.25, 0.3) is 0 Å². The van der Waals surface area contributed by atoms with E-state index < -0.39 is 5.97 Å². The number of anilines is 1. The first-order valence-electron chi connectivity index (χ1n) is 8.45. The molecule has 0 saturated carbocycles. The zero-order valence-corrected chi connectivity index (χ0v) is 16.1. The minimum absolute atomic E-state index is 0.0556. The van der Waals surface area contributed by atoms with Gasteiger partial charge in [0.2, 0.25) is 5.91 Å². The second kappa shape index (κ2) is 7.67. The molecule has 3 rings (SSSR count). The third-order valence-electron chi connectivity index (χ3n) is 4.08. The van der Waals surface area contributed by atoms with Crippen LogP contribution in [0.4, 0.5) is 5.13 Å². The highest BCUT2D eigenvalue weighted by Gasteiger charge is 2.13. The number of carboxylic acid groups (broad SMARTS) is 1. The molecule has 27 heavy (non-hydrogen) atoms. The van der Waals surface area contributed by atoms with Crippen molar-refractivity contribution in [3.05, 3.63) is 52.2 Å². The number of carbonyl (C=O) groups is 2. The van der Waals surface area contributed by atoms with Gasteiger partial charge in [-0.3, -0.25) is 9.69 Å².